The van der Waals surface area contributed by atoms with Crippen molar-refractivity contribution in [1.82, 2.24) is 9.21 Å². The number of sulfonamides is 1. The maximum absolute atomic E-state index is 13.4. The van der Waals surface area contributed by atoms with Crippen molar-refractivity contribution in [2.45, 2.75) is 37.0 Å². The minimum atomic E-state index is -3.71. The second-order valence-corrected chi connectivity index (χ2v) is 9.82. The van der Waals surface area contributed by atoms with E-state index >= 15 is 0 Å². The van der Waals surface area contributed by atoms with Crippen LogP contribution >= 0.6 is 0 Å². The third-order valence-electron chi connectivity index (χ3n) is 6.35. The summed E-state index contributed by atoms with van der Waals surface area (Å²) in [5.41, 5.74) is 0. The molecular formula is C19H25FN2O3S. The lowest BCUT2D eigenvalue weighted by Gasteiger charge is -2.35. The van der Waals surface area contributed by atoms with E-state index in [1.165, 1.54) is 48.2 Å². The zero-order valence-electron chi connectivity index (χ0n) is 14.8. The molecule has 0 spiro atoms. The SMILES string of the molecule is O=C(C[C@@H]1C[C@@H]2CC[C@@H]1C2)N1CCN(S(=O)(=O)c2cccc(F)c2)CC1. The molecule has 2 aliphatic carbocycles. The Bertz CT molecular complexity index is 790. The third kappa shape index (κ3) is 3.39. The van der Waals surface area contributed by atoms with Crippen molar-refractivity contribution >= 4 is 15.9 Å². The number of piperazine rings is 1. The third-order valence-corrected chi connectivity index (χ3v) is 8.24. The zero-order valence-corrected chi connectivity index (χ0v) is 15.6. The van der Waals surface area contributed by atoms with E-state index in [9.17, 15) is 17.6 Å². The van der Waals surface area contributed by atoms with Crippen LogP contribution in [0.3, 0.4) is 0 Å². The molecule has 3 aliphatic rings. The van der Waals surface area contributed by atoms with Crippen molar-refractivity contribution in [2.24, 2.45) is 17.8 Å². The summed E-state index contributed by atoms with van der Waals surface area (Å²) >= 11 is 0. The molecule has 26 heavy (non-hydrogen) atoms. The highest BCUT2D eigenvalue weighted by atomic mass is 32.2. The predicted octanol–water partition coefficient (Wildman–Crippen LogP) is 2.48. The van der Waals surface area contributed by atoms with Crippen LogP contribution in [0.25, 0.3) is 0 Å². The van der Waals surface area contributed by atoms with E-state index in [2.05, 4.69) is 0 Å². The molecule has 2 saturated carbocycles. The molecule has 3 fully saturated rings. The van der Waals surface area contributed by atoms with Gasteiger partial charge in [0.2, 0.25) is 15.9 Å². The fourth-order valence-corrected chi connectivity index (χ4v) is 6.39. The van der Waals surface area contributed by atoms with Crippen LogP contribution in [-0.4, -0.2) is 49.7 Å². The van der Waals surface area contributed by atoms with Crippen molar-refractivity contribution in [2.75, 3.05) is 26.2 Å². The van der Waals surface area contributed by atoms with E-state index in [4.69, 9.17) is 0 Å². The van der Waals surface area contributed by atoms with Crippen LogP contribution in [0.2, 0.25) is 0 Å². The fraction of sp³-hybridized carbons (Fsp3) is 0.632. The van der Waals surface area contributed by atoms with Crippen LogP contribution in [-0.2, 0) is 14.8 Å². The summed E-state index contributed by atoms with van der Waals surface area (Å²) < 4.78 is 40.0. The summed E-state index contributed by atoms with van der Waals surface area (Å²) in [5, 5.41) is 0. The van der Waals surface area contributed by atoms with Gasteiger partial charge in [0.25, 0.3) is 0 Å². The lowest BCUT2D eigenvalue weighted by molar-refractivity contribution is -0.133. The van der Waals surface area contributed by atoms with Gasteiger partial charge >= 0.3 is 0 Å². The maximum atomic E-state index is 13.4. The van der Waals surface area contributed by atoms with E-state index in [1.54, 1.807) is 4.90 Å². The summed E-state index contributed by atoms with van der Waals surface area (Å²) in [4.78, 5) is 14.4. The van der Waals surface area contributed by atoms with Crippen LogP contribution in [0.4, 0.5) is 4.39 Å². The maximum Gasteiger partial charge on any atom is 0.243 e. The Morgan fingerprint density at radius 1 is 1.12 bits per heavy atom. The molecule has 0 radical (unpaired) electrons. The van der Waals surface area contributed by atoms with E-state index < -0.39 is 15.8 Å². The first-order chi connectivity index (χ1) is 12.4. The van der Waals surface area contributed by atoms with Gasteiger partial charge in [-0.3, -0.25) is 4.79 Å². The lowest BCUT2D eigenvalue weighted by atomic mass is 9.86. The number of halogens is 1. The topological polar surface area (TPSA) is 57.7 Å². The van der Waals surface area contributed by atoms with Gasteiger partial charge in [0.05, 0.1) is 4.90 Å². The predicted molar refractivity (Wildman–Crippen MR) is 95.3 cm³/mol. The van der Waals surface area contributed by atoms with Crippen molar-refractivity contribution in [1.29, 1.82) is 0 Å². The summed E-state index contributed by atoms with van der Waals surface area (Å²) in [6.07, 6.45) is 5.67. The van der Waals surface area contributed by atoms with Crippen LogP contribution in [0.15, 0.2) is 29.2 Å². The highest BCUT2D eigenvalue weighted by Gasteiger charge is 2.41. The quantitative estimate of drug-likeness (QED) is 0.806. The number of amides is 1. The first-order valence-electron chi connectivity index (χ1n) is 9.47. The highest BCUT2D eigenvalue weighted by Crippen LogP contribution is 2.49. The molecule has 0 N–H and O–H groups in total. The number of benzene rings is 1. The summed E-state index contributed by atoms with van der Waals surface area (Å²) in [6, 6.07) is 5.08. The Kier molecular flexibility index (Phi) is 4.77. The number of carbonyl (C=O) groups excluding carboxylic acids is 1. The second-order valence-electron chi connectivity index (χ2n) is 7.88. The van der Waals surface area contributed by atoms with Gasteiger partial charge in [-0.25, -0.2) is 12.8 Å². The molecule has 142 valence electrons. The summed E-state index contributed by atoms with van der Waals surface area (Å²) in [7, 11) is -3.71. The fourth-order valence-electron chi connectivity index (χ4n) is 4.93. The number of nitrogens with zero attached hydrogens (tertiary/aromatic N) is 2. The molecule has 4 rings (SSSR count). The highest BCUT2D eigenvalue weighted by molar-refractivity contribution is 7.89. The number of hydrogen-bond donors (Lipinski definition) is 0. The number of hydrogen-bond acceptors (Lipinski definition) is 3. The van der Waals surface area contributed by atoms with Gasteiger partial charge in [-0.05, 0) is 55.2 Å². The Hall–Kier alpha value is -1.47. The first kappa shape index (κ1) is 17.9. The van der Waals surface area contributed by atoms with Gasteiger partial charge in [0.1, 0.15) is 5.82 Å². The second kappa shape index (κ2) is 6.93. The molecular weight excluding hydrogens is 355 g/mol. The average Bonchev–Trinajstić information content (AvgIpc) is 3.25. The molecule has 5 nitrogen and oxygen atoms in total. The van der Waals surface area contributed by atoms with Crippen LogP contribution < -0.4 is 0 Å². The van der Waals surface area contributed by atoms with E-state index in [0.717, 1.165) is 17.9 Å². The minimum Gasteiger partial charge on any atom is -0.340 e. The Morgan fingerprint density at radius 3 is 2.50 bits per heavy atom. The van der Waals surface area contributed by atoms with Crippen LogP contribution in [0.1, 0.15) is 32.1 Å². The number of rotatable bonds is 4. The van der Waals surface area contributed by atoms with Crippen molar-refractivity contribution < 1.29 is 17.6 Å². The van der Waals surface area contributed by atoms with E-state index in [1.807, 2.05) is 0 Å². The Balaban J connectivity index is 1.34. The van der Waals surface area contributed by atoms with Crippen LogP contribution in [0, 0.1) is 23.6 Å². The molecule has 1 amide bonds. The molecule has 0 unspecified atom stereocenters. The smallest absolute Gasteiger partial charge is 0.243 e. The summed E-state index contributed by atoms with van der Waals surface area (Å²) in [6.45, 7) is 1.35. The van der Waals surface area contributed by atoms with Gasteiger partial charge in [0.15, 0.2) is 0 Å². The molecule has 0 aromatic heterocycles. The number of carbonyl (C=O) groups is 1. The van der Waals surface area contributed by atoms with Gasteiger partial charge in [0, 0.05) is 32.6 Å². The molecule has 2 bridgehead atoms. The average molecular weight is 380 g/mol. The molecule has 1 aromatic carbocycles. The van der Waals surface area contributed by atoms with Crippen molar-refractivity contribution in [3.05, 3.63) is 30.1 Å². The van der Waals surface area contributed by atoms with Gasteiger partial charge in [-0.15, -0.1) is 0 Å². The van der Waals surface area contributed by atoms with Gasteiger partial charge < -0.3 is 4.90 Å². The zero-order chi connectivity index (χ0) is 18.3. The largest absolute Gasteiger partial charge is 0.340 e. The molecule has 1 heterocycles. The van der Waals surface area contributed by atoms with Crippen molar-refractivity contribution in [3.8, 4) is 0 Å². The van der Waals surface area contributed by atoms with Crippen molar-refractivity contribution in [3.63, 3.8) is 0 Å². The monoisotopic (exact) mass is 380 g/mol. The molecule has 1 saturated heterocycles. The normalized spacial score (nSPS) is 29.3. The van der Waals surface area contributed by atoms with Crippen LogP contribution in [0.5, 0.6) is 0 Å². The molecule has 7 heteroatoms. The Labute approximate surface area is 154 Å². The lowest BCUT2D eigenvalue weighted by Crippen LogP contribution is -2.50. The minimum absolute atomic E-state index is 0.0285. The first-order valence-corrected chi connectivity index (χ1v) is 10.9. The van der Waals surface area contributed by atoms with E-state index in [-0.39, 0.29) is 23.9 Å². The standard InChI is InChI=1S/C19H25FN2O3S/c20-17-2-1-3-18(13-17)26(24,25)22-8-6-21(7-9-22)19(23)12-16-11-14-4-5-15(16)10-14/h1-3,13-16H,4-12H2/t14-,15-,16+/m1/s1. The van der Waals surface area contributed by atoms with Gasteiger partial charge in [-0.1, -0.05) is 12.5 Å². The Morgan fingerprint density at radius 2 is 1.88 bits per heavy atom. The number of fused-ring (bicyclic) bond motifs is 2. The molecule has 1 aliphatic heterocycles. The van der Waals surface area contributed by atoms with E-state index in [0.29, 0.717) is 25.4 Å². The van der Waals surface area contributed by atoms with Gasteiger partial charge in [-0.2, -0.15) is 4.31 Å². The molecule has 3 atom stereocenters. The molecule has 1 aromatic rings. The summed E-state index contributed by atoms with van der Waals surface area (Å²) in [5.74, 6) is 1.66.